The number of alkyl halides is 4. The molecule has 0 aliphatic rings. The predicted molar refractivity (Wildman–Crippen MR) is 80.1 cm³/mol. The maximum atomic E-state index is 12.7. The Hall–Kier alpha value is -1.19. The molecule has 0 nitrogen and oxygen atoms in total. The number of benzene rings is 2. The number of halogens is 5. The molecule has 0 aliphatic heterocycles. The first-order valence-electron chi connectivity index (χ1n) is 6.38. The van der Waals surface area contributed by atoms with Gasteiger partial charge in [-0.05, 0) is 29.7 Å². The molecule has 0 radical (unpaired) electrons. The molecule has 21 heavy (non-hydrogen) atoms. The van der Waals surface area contributed by atoms with Crippen LogP contribution in [0.5, 0.6) is 0 Å². The number of rotatable bonds is 4. The summed E-state index contributed by atoms with van der Waals surface area (Å²) in [5.74, 6) is 0.170. The van der Waals surface area contributed by atoms with Gasteiger partial charge in [-0.2, -0.15) is 13.2 Å². The van der Waals surface area contributed by atoms with Crippen LogP contribution in [0.25, 0.3) is 0 Å². The zero-order valence-corrected chi connectivity index (χ0v) is 12.5. The van der Waals surface area contributed by atoms with Crippen molar-refractivity contribution in [2.45, 2.75) is 18.5 Å². The number of hydrogen-bond donors (Lipinski definition) is 0. The van der Waals surface area contributed by atoms with Crippen LogP contribution in [0.4, 0.5) is 13.2 Å². The van der Waals surface area contributed by atoms with E-state index in [1.807, 2.05) is 12.1 Å². The van der Waals surface area contributed by atoms with Crippen molar-refractivity contribution in [1.82, 2.24) is 0 Å². The first-order valence-corrected chi connectivity index (χ1v) is 7.29. The fraction of sp³-hybridized carbons (Fsp3) is 0.250. The Bertz CT molecular complexity index is 608. The van der Waals surface area contributed by atoms with E-state index in [9.17, 15) is 13.2 Å². The lowest BCUT2D eigenvalue weighted by Gasteiger charge is -2.17. The summed E-state index contributed by atoms with van der Waals surface area (Å²) in [5.41, 5.74) is 0.800. The van der Waals surface area contributed by atoms with Crippen molar-refractivity contribution in [2.75, 3.05) is 5.88 Å². The van der Waals surface area contributed by atoms with Gasteiger partial charge in [0.25, 0.3) is 0 Å². The predicted octanol–water partition coefficient (Wildman–Crippen LogP) is 5.92. The molecule has 0 aromatic heterocycles. The highest BCUT2D eigenvalue weighted by molar-refractivity contribution is 6.31. The van der Waals surface area contributed by atoms with Gasteiger partial charge in [-0.15, -0.1) is 11.6 Å². The van der Waals surface area contributed by atoms with Gasteiger partial charge in [0.2, 0.25) is 0 Å². The van der Waals surface area contributed by atoms with Crippen LogP contribution in [-0.2, 0) is 12.6 Å². The summed E-state index contributed by atoms with van der Waals surface area (Å²) in [4.78, 5) is 0. The lowest BCUT2D eigenvalue weighted by molar-refractivity contribution is -0.137. The monoisotopic (exact) mass is 332 g/mol. The van der Waals surface area contributed by atoms with E-state index in [1.54, 1.807) is 18.2 Å². The Morgan fingerprint density at radius 1 is 1.00 bits per heavy atom. The molecule has 0 bridgehead atoms. The molecule has 2 aromatic rings. The van der Waals surface area contributed by atoms with Gasteiger partial charge in [0.1, 0.15) is 0 Å². The second-order valence-corrected chi connectivity index (χ2v) is 5.49. The summed E-state index contributed by atoms with van der Waals surface area (Å²) in [6.07, 6.45) is -3.92. The smallest absolute Gasteiger partial charge is 0.166 e. The van der Waals surface area contributed by atoms with Crippen LogP contribution in [0.1, 0.15) is 22.6 Å². The average molecular weight is 333 g/mol. The van der Waals surface area contributed by atoms with Crippen LogP contribution in [0.3, 0.4) is 0 Å². The quantitative estimate of drug-likeness (QED) is 0.609. The van der Waals surface area contributed by atoms with Gasteiger partial charge in [-0.25, -0.2) is 0 Å². The van der Waals surface area contributed by atoms with Crippen LogP contribution < -0.4 is 0 Å². The van der Waals surface area contributed by atoms with Gasteiger partial charge in [0, 0.05) is 16.8 Å². The fourth-order valence-electron chi connectivity index (χ4n) is 2.21. The largest absolute Gasteiger partial charge is 0.416 e. The van der Waals surface area contributed by atoms with E-state index in [0.29, 0.717) is 22.9 Å². The molecule has 0 fully saturated rings. The molecular weight excluding hydrogens is 320 g/mol. The molecule has 0 saturated heterocycles. The standard InChI is InChI=1S/C16H13Cl2F3/c17-10-12(14-6-1-2-7-15(14)18)8-11-4-3-5-13(9-11)16(19,20)21/h1-7,9,12H,8,10H2. The molecular formula is C16H13Cl2F3. The van der Waals surface area contributed by atoms with Gasteiger partial charge >= 0.3 is 6.18 Å². The first-order chi connectivity index (χ1) is 9.91. The van der Waals surface area contributed by atoms with Crippen molar-refractivity contribution in [3.63, 3.8) is 0 Å². The average Bonchev–Trinajstić information content (AvgIpc) is 2.45. The Labute approximate surface area is 131 Å². The highest BCUT2D eigenvalue weighted by Crippen LogP contribution is 2.32. The second kappa shape index (κ2) is 6.71. The highest BCUT2D eigenvalue weighted by Gasteiger charge is 2.30. The lowest BCUT2D eigenvalue weighted by Crippen LogP contribution is -2.08. The minimum Gasteiger partial charge on any atom is -0.166 e. The molecule has 112 valence electrons. The Morgan fingerprint density at radius 2 is 1.71 bits per heavy atom. The maximum absolute atomic E-state index is 12.7. The molecule has 2 rings (SSSR count). The normalized spacial score (nSPS) is 13.2. The zero-order chi connectivity index (χ0) is 15.5. The molecule has 0 amide bonds. The molecule has 0 heterocycles. The fourth-order valence-corrected chi connectivity index (χ4v) is 2.78. The molecule has 2 aromatic carbocycles. The van der Waals surface area contributed by atoms with Gasteiger partial charge in [-0.1, -0.05) is 48.0 Å². The topological polar surface area (TPSA) is 0 Å². The van der Waals surface area contributed by atoms with Crippen LogP contribution in [0.2, 0.25) is 5.02 Å². The summed E-state index contributed by atoms with van der Waals surface area (Å²) in [6, 6.07) is 12.6. The zero-order valence-electron chi connectivity index (χ0n) is 11.0. The van der Waals surface area contributed by atoms with Gasteiger partial charge in [0.15, 0.2) is 0 Å². The van der Waals surface area contributed by atoms with E-state index in [-0.39, 0.29) is 5.92 Å². The lowest BCUT2D eigenvalue weighted by atomic mass is 9.93. The summed E-state index contributed by atoms with van der Waals surface area (Å²) < 4.78 is 38.2. The van der Waals surface area contributed by atoms with Crippen molar-refractivity contribution in [3.8, 4) is 0 Å². The molecule has 1 atom stereocenters. The van der Waals surface area contributed by atoms with Crippen LogP contribution in [0.15, 0.2) is 48.5 Å². The first kappa shape index (κ1) is 16.2. The molecule has 0 saturated carbocycles. The molecule has 0 spiro atoms. The maximum Gasteiger partial charge on any atom is 0.416 e. The molecule has 5 heteroatoms. The third kappa shape index (κ3) is 4.14. The van der Waals surface area contributed by atoms with Gasteiger partial charge < -0.3 is 0 Å². The van der Waals surface area contributed by atoms with Gasteiger partial charge in [0.05, 0.1) is 5.56 Å². The third-order valence-corrected chi connectivity index (χ3v) is 3.98. The minimum absolute atomic E-state index is 0.121. The van der Waals surface area contributed by atoms with Crippen LogP contribution in [0, 0.1) is 0 Å². The summed E-state index contributed by atoms with van der Waals surface area (Å²) in [7, 11) is 0. The van der Waals surface area contributed by atoms with E-state index < -0.39 is 11.7 Å². The minimum atomic E-state index is -4.34. The van der Waals surface area contributed by atoms with E-state index in [4.69, 9.17) is 23.2 Å². The Kier molecular flexibility index (Phi) is 5.17. The van der Waals surface area contributed by atoms with E-state index >= 15 is 0 Å². The summed E-state index contributed by atoms with van der Waals surface area (Å²) in [5, 5.41) is 0.579. The summed E-state index contributed by atoms with van der Waals surface area (Å²) in [6.45, 7) is 0. The van der Waals surface area contributed by atoms with Crippen molar-refractivity contribution in [1.29, 1.82) is 0 Å². The van der Waals surface area contributed by atoms with Crippen molar-refractivity contribution in [2.24, 2.45) is 0 Å². The van der Waals surface area contributed by atoms with E-state index in [1.165, 1.54) is 6.07 Å². The Morgan fingerprint density at radius 3 is 2.33 bits per heavy atom. The highest BCUT2D eigenvalue weighted by atomic mass is 35.5. The molecule has 1 unspecified atom stereocenters. The van der Waals surface area contributed by atoms with Crippen molar-refractivity contribution < 1.29 is 13.2 Å². The van der Waals surface area contributed by atoms with Crippen LogP contribution >= 0.6 is 23.2 Å². The third-order valence-electron chi connectivity index (χ3n) is 3.27. The SMILES string of the molecule is FC(F)(F)c1cccc(CC(CCl)c2ccccc2Cl)c1. The molecule has 0 N–H and O–H groups in total. The summed E-state index contributed by atoms with van der Waals surface area (Å²) >= 11 is 12.1. The van der Waals surface area contributed by atoms with Crippen molar-refractivity contribution in [3.05, 3.63) is 70.2 Å². The van der Waals surface area contributed by atoms with E-state index in [0.717, 1.165) is 17.7 Å². The van der Waals surface area contributed by atoms with Gasteiger partial charge in [-0.3, -0.25) is 0 Å². The van der Waals surface area contributed by atoms with Crippen molar-refractivity contribution >= 4 is 23.2 Å². The number of hydrogen-bond acceptors (Lipinski definition) is 0. The Balaban J connectivity index is 2.26. The molecule has 0 aliphatic carbocycles. The van der Waals surface area contributed by atoms with E-state index in [2.05, 4.69) is 0 Å². The second-order valence-electron chi connectivity index (χ2n) is 4.78. The van der Waals surface area contributed by atoms with Crippen LogP contribution in [-0.4, -0.2) is 5.88 Å².